The monoisotopic (exact) mass is 237 g/mol. The molecule has 0 unspecified atom stereocenters. The van der Waals surface area contributed by atoms with E-state index < -0.39 is 5.54 Å². The molecule has 1 aromatic rings. The van der Waals surface area contributed by atoms with Crippen LogP contribution in [0.2, 0.25) is 0 Å². The lowest BCUT2D eigenvalue weighted by molar-refractivity contribution is 0.180. The van der Waals surface area contributed by atoms with Crippen molar-refractivity contribution in [3.8, 4) is 0 Å². The average molecular weight is 237 g/mol. The number of nitrogens with two attached hydrogens (primary N) is 1. The van der Waals surface area contributed by atoms with Crippen molar-refractivity contribution in [3.05, 3.63) is 27.9 Å². The Hall–Kier alpha value is -1.20. The van der Waals surface area contributed by atoms with Crippen LogP contribution in [0.25, 0.3) is 0 Å². The molecule has 1 aromatic heterocycles. The molecule has 1 saturated carbocycles. The molecule has 0 spiro atoms. The number of nitrogens with zero attached hydrogens (tertiary/aromatic N) is 1. The molecule has 0 bridgehead atoms. The zero-order valence-corrected chi connectivity index (χ0v) is 10.2. The van der Waals surface area contributed by atoms with Gasteiger partial charge in [-0.3, -0.25) is 4.79 Å². The third-order valence-corrected chi connectivity index (χ3v) is 3.30. The second kappa shape index (κ2) is 4.98. The number of rotatable bonds is 3. The van der Waals surface area contributed by atoms with Crippen LogP contribution < -0.4 is 11.3 Å². The van der Waals surface area contributed by atoms with Gasteiger partial charge in [-0.05, 0) is 12.8 Å². The highest BCUT2D eigenvalue weighted by Gasteiger charge is 2.32. The van der Waals surface area contributed by atoms with Gasteiger partial charge in [-0.1, -0.05) is 19.3 Å². The van der Waals surface area contributed by atoms with Crippen LogP contribution in [0.3, 0.4) is 0 Å². The molecule has 0 radical (unpaired) electrons. The van der Waals surface area contributed by atoms with E-state index in [-0.39, 0.29) is 5.56 Å². The van der Waals surface area contributed by atoms with E-state index in [0.29, 0.717) is 18.1 Å². The van der Waals surface area contributed by atoms with Crippen molar-refractivity contribution in [2.45, 2.75) is 44.2 Å². The van der Waals surface area contributed by atoms with E-state index in [9.17, 15) is 4.79 Å². The summed E-state index contributed by atoms with van der Waals surface area (Å²) in [5, 5.41) is 0. The van der Waals surface area contributed by atoms with Crippen molar-refractivity contribution in [1.29, 1.82) is 0 Å². The summed E-state index contributed by atoms with van der Waals surface area (Å²) in [6.45, 7) is 0.340. The lowest BCUT2D eigenvalue weighted by atomic mass is 9.82. The van der Waals surface area contributed by atoms with E-state index >= 15 is 0 Å². The van der Waals surface area contributed by atoms with Gasteiger partial charge in [0.25, 0.3) is 5.56 Å². The zero-order chi connectivity index (χ0) is 12.3. The molecule has 0 aliphatic heterocycles. The Balaban J connectivity index is 2.33. The van der Waals surface area contributed by atoms with Crippen molar-refractivity contribution in [1.82, 2.24) is 9.97 Å². The predicted molar refractivity (Wildman–Crippen MR) is 64.5 cm³/mol. The summed E-state index contributed by atoms with van der Waals surface area (Å²) in [6, 6.07) is 1.46. The third kappa shape index (κ3) is 2.73. The summed E-state index contributed by atoms with van der Waals surface area (Å²) >= 11 is 0. The van der Waals surface area contributed by atoms with Crippen LogP contribution >= 0.6 is 0 Å². The maximum absolute atomic E-state index is 11.6. The second-order valence-corrected chi connectivity index (χ2v) is 4.74. The Bertz CT molecular complexity index is 436. The summed E-state index contributed by atoms with van der Waals surface area (Å²) in [5.74, 6) is 0.608. The van der Waals surface area contributed by atoms with Crippen LogP contribution in [0, 0.1) is 0 Å². The van der Waals surface area contributed by atoms with Gasteiger partial charge in [-0.15, -0.1) is 0 Å². The van der Waals surface area contributed by atoms with Gasteiger partial charge >= 0.3 is 0 Å². The molecule has 1 aliphatic rings. The standard InChI is InChI=1S/C12H19N3O2/c1-17-8-9-7-10(16)15-11(14-9)12(13)5-3-2-4-6-12/h7H,2-6,8,13H2,1H3,(H,14,15,16). The van der Waals surface area contributed by atoms with Crippen LogP contribution in [0.1, 0.15) is 43.6 Å². The second-order valence-electron chi connectivity index (χ2n) is 4.74. The molecule has 17 heavy (non-hydrogen) atoms. The van der Waals surface area contributed by atoms with E-state index in [1.165, 1.54) is 12.5 Å². The predicted octanol–water partition coefficient (Wildman–Crippen LogP) is 1.03. The molecular formula is C12H19N3O2. The van der Waals surface area contributed by atoms with Crippen LogP contribution in [0.5, 0.6) is 0 Å². The number of aromatic nitrogens is 2. The minimum absolute atomic E-state index is 0.155. The number of H-pyrrole nitrogens is 1. The van der Waals surface area contributed by atoms with Gasteiger partial charge in [-0.25, -0.2) is 4.98 Å². The molecule has 1 fully saturated rings. The van der Waals surface area contributed by atoms with Crippen LogP contribution in [0.4, 0.5) is 0 Å². The molecule has 0 saturated heterocycles. The van der Waals surface area contributed by atoms with Crippen LogP contribution in [-0.2, 0) is 16.9 Å². The van der Waals surface area contributed by atoms with E-state index in [1.807, 2.05) is 0 Å². The molecule has 5 heteroatoms. The highest BCUT2D eigenvalue weighted by atomic mass is 16.5. The Kier molecular flexibility index (Phi) is 3.59. The largest absolute Gasteiger partial charge is 0.378 e. The normalized spacial score (nSPS) is 19.2. The van der Waals surface area contributed by atoms with Crippen molar-refractivity contribution in [2.75, 3.05) is 7.11 Å². The van der Waals surface area contributed by atoms with Crippen molar-refractivity contribution in [2.24, 2.45) is 5.73 Å². The molecule has 1 aliphatic carbocycles. The molecule has 94 valence electrons. The molecule has 0 atom stereocenters. The number of hydrogen-bond acceptors (Lipinski definition) is 4. The third-order valence-electron chi connectivity index (χ3n) is 3.30. The molecule has 3 N–H and O–H groups in total. The first-order valence-corrected chi connectivity index (χ1v) is 6.02. The quantitative estimate of drug-likeness (QED) is 0.822. The number of ether oxygens (including phenoxy) is 1. The first-order chi connectivity index (χ1) is 8.14. The summed E-state index contributed by atoms with van der Waals surface area (Å²) in [7, 11) is 1.58. The highest BCUT2D eigenvalue weighted by Crippen LogP contribution is 2.32. The number of nitrogens with one attached hydrogen (secondary N) is 1. The molecule has 0 aromatic carbocycles. The maximum Gasteiger partial charge on any atom is 0.251 e. The molecule has 0 amide bonds. The fraction of sp³-hybridized carbons (Fsp3) is 0.667. The van der Waals surface area contributed by atoms with E-state index in [4.69, 9.17) is 10.5 Å². The molecular weight excluding hydrogens is 218 g/mol. The minimum atomic E-state index is -0.471. The molecule has 1 heterocycles. The van der Waals surface area contributed by atoms with Gasteiger partial charge < -0.3 is 15.5 Å². The zero-order valence-electron chi connectivity index (χ0n) is 10.2. The maximum atomic E-state index is 11.6. The number of hydrogen-bond donors (Lipinski definition) is 2. The Morgan fingerprint density at radius 3 is 2.82 bits per heavy atom. The minimum Gasteiger partial charge on any atom is -0.378 e. The van der Waals surface area contributed by atoms with Gasteiger partial charge in [0.1, 0.15) is 5.82 Å². The van der Waals surface area contributed by atoms with Gasteiger partial charge in [-0.2, -0.15) is 0 Å². The first kappa shape index (κ1) is 12.3. The van der Waals surface area contributed by atoms with Gasteiger partial charge in [0.2, 0.25) is 0 Å². The van der Waals surface area contributed by atoms with Crippen molar-refractivity contribution < 1.29 is 4.74 Å². The fourth-order valence-corrected chi connectivity index (χ4v) is 2.39. The van der Waals surface area contributed by atoms with E-state index in [2.05, 4.69) is 9.97 Å². The SMILES string of the molecule is COCc1cc(=O)[nH]c(C2(N)CCCCC2)n1. The Morgan fingerprint density at radius 1 is 1.47 bits per heavy atom. The smallest absolute Gasteiger partial charge is 0.251 e. The summed E-state index contributed by atoms with van der Waals surface area (Å²) in [6.07, 6.45) is 5.16. The fourth-order valence-electron chi connectivity index (χ4n) is 2.39. The van der Waals surface area contributed by atoms with E-state index in [0.717, 1.165) is 25.7 Å². The van der Waals surface area contributed by atoms with Crippen molar-refractivity contribution >= 4 is 0 Å². The van der Waals surface area contributed by atoms with Crippen LogP contribution in [-0.4, -0.2) is 17.1 Å². The average Bonchev–Trinajstić information content (AvgIpc) is 2.30. The number of aromatic amines is 1. The highest BCUT2D eigenvalue weighted by molar-refractivity contribution is 5.10. The van der Waals surface area contributed by atoms with Gasteiger partial charge in [0, 0.05) is 13.2 Å². The Labute approximate surface area is 100 Å². The first-order valence-electron chi connectivity index (χ1n) is 6.02. The van der Waals surface area contributed by atoms with E-state index in [1.54, 1.807) is 7.11 Å². The summed E-state index contributed by atoms with van der Waals surface area (Å²) in [4.78, 5) is 18.7. The van der Waals surface area contributed by atoms with Crippen LogP contribution in [0.15, 0.2) is 10.9 Å². The summed E-state index contributed by atoms with van der Waals surface area (Å²) in [5.41, 5.74) is 6.36. The lowest BCUT2D eigenvalue weighted by Crippen LogP contribution is -2.41. The number of methoxy groups -OCH3 is 1. The molecule has 2 rings (SSSR count). The van der Waals surface area contributed by atoms with Gasteiger partial charge in [0.15, 0.2) is 0 Å². The molecule has 5 nitrogen and oxygen atoms in total. The lowest BCUT2D eigenvalue weighted by Gasteiger charge is -2.32. The topological polar surface area (TPSA) is 81.0 Å². The Morgan fingerprint density at radius 2 is 2.18 bits per heavy atom. The van der Waals surface area contributed by atoms with Crippen molar-refractivity contribution in [3.63, 3.8) is 0 Å². The van der Waals surface area contributed by atoms with Gasteiger partial charge in [0.05, 0.1) is 17.8 Å². The summed E-state index contributed by atoms with van der Waals surface area (Å²) < 4.78 is 5.00.